The summed E-state index contributed by atoms with van der Waals surface area (Å²) >= 11 is 0. The number of carboxylic acids is 1. The van der Waals surface area contributed by atoms with E-state index in [1.54, 1.807) is 0 Å². The highest BCUT2D eigenvalue weighted by Crippen LogP contribution is 2.28. The lowest BCUT2D eigenvalue weighted by atomic mass is 9.92. The lowest BCUT2D eigenvalue weighted by Gasteiger charge is -2.21. The second kappa shape index (κ2) is 3.64. The summed E-state index contributed by atoms with van der Waals surface area (Å²) in [5.74, 6) is -0.557. The molecule has 2 aliphatic heterocycles. The number of hydrogen-bond acceptors (Lipinski definition) is 3. The van der Waals surface area contributed by atoms with Crippen LogP contribution in [0.5, 0.6) is 0 Å². The van der Waals surface area contributed by atoms with Crippen molar-refractivity contribution in [3.8, 4) is 0 Å². The summed E-state index contributed by atoms with van der Waals surface area (Å²) in [4.78, 5) is 10.9. The van der Waals surface area contributed by atoms with Crippen molar-refractivity contribution < 1.29 is 14.6 Å². The Morgan fingerprint density at radius 2 is 2.31 bits per heavy atom. The number of ether oxygens (including phenoxy) is 1. The highest BCUT2D eigenvalue weighted by atomic mass is 16.5. The Morgan fingerprint density at radius 3 is 2.92 bits per heavy atom. The number of nitrogens with one attached hydrogen (secondary N) is 1. The largest absolute Gasteiger partial charge is 0.480 e. The molecule has 0 aromatic carbocycles. The fourth-order valence-corrected chi connectivity index (χ4v) is 2.33. The van der Waals surface area contributed by atoms with Crippen molar-refractivity contribution >= 4 is 5.97 Å². The van der Waals surface area contributed by atoms with E-state index in [-0.39, 0.29) is 18.1 Å². The van der Waals surface area contributed by atoms with Gasteiger partial charge < -0.3 is 15.2 Å². The summed E-state index contributed by atoms with van der Waals surface area (Å²) < 4.78 is 5.51. The van der Waals surface area contributed by atoms with E-state index in [2.05, 4.69) is 5.32 Å². The zero-order chi connectivity index (χ0) is 9.26. The van der Waals surface area contributed by atoms with Crippen LogP contribution in [0.4, 0.5) is 0 Å². The molecule has 2 saturated heterocycles. The first-order chi connectivity index (χ1) is 6.29. The molecule has 74 valence electrons. The highest BCUT2D eigenvalue weighted by Gasteiger charge is 2.39. The number of rotatable bonds is 2. The molecule has 2 heterocycles. The maximum Gasteiger partial charge on any atom is 0.321 e. The zero-order valence-corrected chi connectivity index (χ0v) is 7.53. The van der Waals surface area contributed by atoms with E-state index >= 15 is 0 Å². The van der Waals surface area contributed by atoms with Gasteiger partial charge in [-0.25, -0.2) is 0 Å². The maximum absolute atomic E-state index is 10.9. The first-order valence-corrected chi connectivity index (χ1v) is 4.87. The second-order valence-corrected chi connectivity index (χ2v) is 3.77. The Bertz CT molecular complexity index is 201. The minimum absolute atomic E-state index is 0.177. The molecule has 0 aromatic heterocycles. The third-order valence-electron chi connectivity index (χ3n) is 2.98. The molecule has 3 atom stereocenters. The van der Waals surface area contributed by atoms with Gasteiger partial charge in [0.2, 0.25) is 0 Å². The first-order valence-electron chi connectivity index (χ1n) is 4.87. The predicted octanol–water partition coefficient (Wildman–Crippen LogP) is 0.228. The summed E-state index contributed by atoms with van der Waals surface area (Å²) in [7, 11) is 0. The maximum atomic E-state index is 10.9. The van der Waals surface area contributed by atoms with Crippen molar-refractivity contribution in [2.75, 3.05) is 13.2 Å². The lowest BCUT2D eigenvalue weighted by molar-refractivity contribution is -0.141. The molecule has 0 spiro atoms. The Morgan fingerprint density at radius 1 is 1.46 bits per heavy atom. The summed E-state index contributed by atoms with van der Waals surface area (Å²) in [6, 6.07) is -0.386. The third-order valence-corrected chi connectivity index (χ3v) is 2.98. The molecule has 0 aliphatic carbocycles. The monoisotopic (exact) mass is 185 g/mol. The molecule has 4 heteroatoms. The van der Waals surface area contributed by atoms with Crippen LogP contribution in [0.15, 0.2) is 0 Å². The first kappa shape index (κ1) is 8.97. The topological polar surface area (TPSA) is 58.6 Å². The average Bonchev–Trinajstić information content (AvgIpc) is 2.74. The van der Waals surface area contributed by atoms with Gasteiger partial charge in [0.25, 0.3) is 0 Å². The molecule has 0 saturated carbocycles. The van der Waals surface area contributed by atoms with Gasteiger partial charge in [0.1, 0.15) is 6.04 Å². The van der Waals surface area contributed by atoms with E-state index < -0.39 is 5.97 Å². The normalized spacial score (nSPS) is 39.5. The SMILES string of the molecule is O=C(O)[C@@H]1NCC[C@H]1[C@H]1CCCO1. The Kier molecular flexibility index (Phi) is 2.51. The molecule has 2 N–H and O–H groups in total. The quantitative estimate of drug-likeness (QED) is 0.646. The van der Waals surface area contributed by atoms with Crippen LogP contribution < -0.4 is 5.32 Å². The molecule has 0 unspecified atom stereocenters. The van der Waals surface area contributed by atoms with Gasteiger partial charge in [-0.3, -0.25) is 4.79 Å². The number of carboxylic acid groups (broad SMARTS) is 1. The third kappa shape index (κ3) is 1.69. The van der Waals surface area contributed by atoms with Gasteiger partial charge in [-0.05, 0) is 25.8 Å². The fourth-order valence-electron chi connectivity index (χ4n) is 2.33. The molecule has 0 bridgehead atoms. The Hall–Kier alpha value is -0.610. The lowest BCUT2D eigenvalue weighted by Crippen LogP contribution is -2.40. The van der Waals surface area contributed by atoms with Gasteiger partial charge in [0.15, 0.2) is 0 Å². The summed E-state index contributed by atoms with van der Waals surface area (Å²) in [5, 5.41) is 11.9. The summed E-state index contributed by atoms with van der Waals surface area (Å²) in [6.07, 6.45) is 3.21. The standard InChI is InChI=1S/C9H15NO3/c11-9(12)8-6(3-4-10-8)7-2-1-5-13-7/h6-8,10H,1-5H2,(H,11,12)/t6-,7+,8+/m0/s1. The molecule has 0 radical (unpaired) electrons. The second-order valence-electron chi connectivity index (χ2n) is 3.77. The van der Waals surface area contributed by atoms with Crippen LogP contribution >= 0.6 is 0 Å². The van der Waals surface area contributed by atoms with E-state index in [1.165, 1.54) is 0 Å². The van der Waals surface area contributed by atoms with Crippen molar-refractivity contribution in [1.82, 2.24) is 5.32 Å². The van der Waals surface area contributed by atoms with Crippen LogP contribution in [0.3, 0.4) is 0 Å². The van der Waals surface area contributed by atoms with Crippen molar-refractivity contribution in [1.29, 1.82) is 0 Å². The number of hydrogen-bond donors (Lipinski definition) is 2. The van der Waals surface area contributed by atoms with Gasteiger partial charge in [-0.1, -0.05) is 0 Å². The molecule has 2 aliphatic rings. The van der Waals surface area contributed by atoms with Crippen molar-refractivity contribution in [2.24, 2.45) is 5.92 Å². The molecule has 2 rings (SSSR count). The number of aliphatic carboxylic acids is 1. The fraction of sp³-hybridized carbons (Fsp3) is 0.889. The predicted molar refractivity (Wildman–Crippen MR) is 46.5 cm³/mol. The smallest absolute Gasteiger partial charge is 0.321 e. The minimum atomic E-state index is -0.738. The van der Waals surface area contributed by atoms with E-state index in [4.69, 9.17) is 9.84 Å². The Labute approximate surface area is 77.3 Å². The van der Waals surface area contributed by atoms with Crippen LogP contribution in [0, 0.1) is 5.92 Å². The van der Waals surface area contributed by atoms with Gasteiger partial charge >= 0.3 is 5.97 Å². The molecule has 2 fully saturated rings. The van der Waals surface area contributed by atoms with Crippen molar-refractivity contribution in [2.45, 2.75) is 31.4 Å². The van der Waals surface area contributed by atoms with Crippen LogP contribution in [0.2, 0.25) is 0 Å². The molecular weight excluding hydrogens is 170 g/mol. The molecule has 4 nitrogen and oxygen atoms in total. The van der Waals surface area contributed by atoms with Gasteiger partial charge in [-0.15, -0.1) is 0 Å². The minimum Gasteiger partial charge on any atom is -0.480 e. The Balaban J connectivity index is 2.00. The van der Waals surface area contributed by atoms with Crippen molar-refractivity contribution in [3.05, 3.63) is 0 Å². The summed E-state index contributed by atoms with van der Waals surface area (Å²) in [5.41, 5.74) is 0. The van der Waals surface area contributed by atoms with Crippen molar-refractivity contribution in [3.63, 3.8) is 0 Å². The molecular formula is C9H15NO3. The zero-order valence-electron chi connectivity index (χ0n) is 7.53. The molecule has 13 heavy (non-hydrogen) atoms. The summed E-state index contributed by atoms with van der Waals surface area (Å²) in [6.45, 7) is 1.61. The molecule has 0 amide bonds. The average molecular weight is 185 g/mol. The van der Waals surface area contributed by atoms with Crippen LogP contribution in [0.1, 0.15) is 19.3 Å². The van der Waals surface area contributed by atoms with E-state index in [1.807, 2.05) is 0 Å². The van der Waals surface area contributed by atoms with E-state index in [0.717, 1.165) is 32.4 Å². The van der Waals surface area contributed by atoms with Gasteiger partial charge in [0.05, 0.1) is 6.10 Å². The van der Waals surface area contributed by atoms with E-state index in [0.29, 0.717) is 0 Å². The highest BCUT2D eigenvalue weighted by molar-refractivity contribution is 5.74. The van der Waals surface area contributed by atoms with Crippen LogP contribution in [-0.4, -0.2) is 36.4 Å². The van der Waals surface area contributed by atoms with Gasteiger partial charge in [-0.2, -0.15) is 0 Å². The number of carbonyl (C=O) groups is 1. The van der Waals surface area contributed by atoms with Crippen LogP contribution in [-0.2, 0) is 9.53 Å². The van der Waals surface area contributed by atoms with E-state index in [9.17, 15) is 4.79 Å². The van der Waals surface area contributed by atoms with Crippen LogP contribution in [0.25, 0.3) is 0 Å². The van der Waals surface area contributed by atoms with Gasteiger partial charge in [0, 0.05) is 12.5 Å². The molecule has 0 aromatic rings.